The number of aromatic nitrogens is 2. The number of benzene rings is 2. The minimum absolute atomic E-state index is 0.0251. The van der Waals surface area contributed by atoms with Crippen molar-refractivity contribution in [3.05, 3.63) is 76.5 Å². The lowest BCUT2D eigenvalue weighted by Crippen LogP contribution is -2.34. The highest BCUT2D eigenvalue weighted by Crippen LogP contribution is 2.33. The third-order valence-corrected chi connectivity index (χ3v) is 6.37. The molecule has 3 heterocycles. The van der Waals surface area contributed by atoms with Crippen LogP contribution in [0.1, 0.15) is 52.4 Å². The van der Waals surface area contributed by atoms with Gasteiger partial charge in [0, 0.05) is 36.5 Å². The second-order valence-electron chi connectivity index (χ2n) is 8.91. The highest BCUT2D eigenvalue weighted by Gasteiger charge is 2.30. The first-order chi connectivity index (χ1) is 15.4. The maximum Gasteiger partial charge on any atom is 0.253 e. The Kier molecular flexibility index (Phi) is 5.00. The smallest absolute Gasteiger partial charge is 0.253 e. The first-order valence-electron chi connectivity index (χ1n) is 11.0. The molecule has 0 spiro atoms. The molecule has 0 fully saturated rings. The third kappa shape index (κ3) is 3.45. The number of rotatable bonds is 4. The first kappa shape index (κ1) is 20.4. The number of carbonyl (C=O) groups is 2. The fraction of sp³-hybridized carbons (Fsp3) is 0.308. The largest absolute Gasteiger partial charge is 0.341 e. The number of hydrogen-bond donors (Lipinski definition) is 0. The summed E-state index contributed by atoms with van der Waals surface area (Å²) < 4.78 is 0. The van der Waals surface area contributed by atoms with Crippen molar-refractivity contribution in [2.45, 2.75) is 39.2 Å². The van der Waals surface area contributed by atoms with Crippen molar-refractivity contribution < 1.29 is 9.59 Å². The van der Waals surface area contributed by atoms with Crippen molar-refractivity contribution in [3.63, 3.8) is 0 Å². The minimum atomic E-state index is 0.0251. The Balaban J connectivity index is 1.48. The second kappa shape index (κ2) is 7.86. The molecule has 32 heavy (non-hydrogen) atoms. The summed E-state index contributed by atoms with van der Waals surface area (Å²) in [6.45, 7) is 5.46. The van der Waals surface area contributed by atoms with Gasteiger partial charge in [0.25, 0.3) is 5.91 Å². The molecule has 0 saturated heterocycles. The van der Waals surface area contributed by atoms with Gasteiger partial charge in [0.1, 0.15) is 5.82 Å². The van der Waals surface area contributed by atoms with Gasteiger partial charge in [-0.3, -0.25) is 14.5 Å². The lowest BCUT2D eigenvalue weighted by atomic mass is 9.96. The van der Waals surface area contributed by atoms with Crippen LogP contribution in [-0.2, 0) is 24.2 Å². The zero-order valence-corrected chi connectivity index (χ0v) is 18.6. The molecular formula is C26H26N4O2. The van der Waals surface area contributed by atoms with Gasteiger partial charge in [-0.2, -0.15) is 0 Å². The quantitative estimate of drug-likeness (QED) is 0.633. The van der Waals surface area contributed by atoms with Crippen molar-refractivity contribution in [2.24, 2.45) is 0 Å². The topological polar surface area (TPSA) is 66.4 Å². The number of likely N-dealkylation sites (N-methyl/N-ethyl adjacent to an activating group) is 1. The van der Waals surface area contributed by atoms with E-state index >= 15 is 0 Å². The summed E-state index contributed by atoms with van der Waals surface area (Å²) >= 11 is 0. The van der Waals surface area contributed by atoms with Crippen molar-refractivity contribution in [1.29, 1.82) is 0 Å². The maximum absolute atomic E-state index is 12.8. The SMILES string of the molecule is CC(C)c1ccccc1-c1ncc2c(n1)N(Cc1ccc3c(c1)CCN(C)C3=O)C(=O)C2. The number of fused-ring (bicyclic) bond motifs is 2. The normalized spacial score (nSPS) is 15.4. The van der Waals surface area contributed by atoms with Crippen molar-refractivity contribution >= 4 is 17.6 Å². The van der Waals surface area contributed by atoms with E-state index in [0.717, 1.165) is 34.2 Å². The number of carbonyl (C=O) groups excluding carboxylic acids is 2. The fourth-order valence-corrected chi connectivity index (χ4v) is 4.57. The Morgan fingerprint density at radius 3 is 2.66 bits per heavy atom. The van der Waals surface area contributed by atoms with Crippen LogP contribution in [0, 0.1) is 0 Å². The summed E-state index contributed by atoms with van der Waals surface area (Å²) in [5.74, 6) is 1.76. The van der Waals surface area contributed by atoms with Gasteiger partial charge in [0.2, 0.25) is 5.91 Å². The van der Waals surface area contributed by atoms with Crippen LogP contribution in [0.3, 0.4) is 0 Å². The monoisotopic (exact) mass is 426 g/mol. The predicted molar refractivity (Wildman–Crippen MR) is 124 cm³/mol. The number of anilines is 1. The third-order valence-electron chi connectivity index (χ3n) is 6.37. The molecule has 5 rings (SSSR count). The van der Waals surface area contributed by atoms with Crippen LogP contribution >= 0.6 is 0 Å². The molecule has 2 aliphatic rings. The van der Waals surface area contributed by atoms with Crippen molar-refractivity contribution in [1.82, 2.24) is 14.9 Å². The summed E-state index contributed by atoms with van der Waals surface area (Å²) in [6, 6.07) is 14.0. The van der Waals surface area contributed by atoms with E-state index in [1.807, 2.05) is 37.4 Å². The number of amides is 2. The van der Waals surface area contributed by atoms with Gasteiger partial charge < -0.3 is 4.90 Å². The summed E-state index contributed by atoms with van der Waals surface area (Å²) in [6.07, 6.45) is 2.93. The highest BCUT2D eigenvalue weighted by molar-refractivity contribution is 6.00. The lowest BCUT2D eigenvalue weighted by molar-refractivity contribution is -0.117. The van der Waals surface area contributed by atoms with E-state index in [1.54, 1.807) is 16.0 Å². The Hall–Kier alpha value is -3.54. The van der Waals surface area contributed by atoms with Crippen LogP contribution in [0.5, 0.6) is 0 Å². The zero-order valence-electron chi connectivity index (χ0n) is 18.6. The van der Waals surface area contributed by atoms with E-state index in [1.165, 1.54) is 5.56 Å². The molecule has 3 aromatic rings. The van der Waals surface area contributed by atoms with Crippen LogP contribution in [0.15, 0.2) is 48.7 Å². The Bertz CT molecular complexity index is 1230. The molecule has 2 aliphatic heterocycles. The van der Waals surface area contributed by atoms with E-state index < -0.39 is 0 Å². The molecule has 0 bridgehead atoms. The van der Waals surface area contributed by atoms with E-state index in [0.29, 0.717) is 37.1 Å². The van der Waals surface area contributed by atoms with Crippen LogP contribution in [0.4, 0.5) is 5.82 Å². The molecule has 0 unspecified atom stereocenters. The predicted octanol–water partition coefficient (Wildman–Crippen LogP) is 3.98. The van der Waals surface area contributed by atoms with Crippen molar-refractivity contribution in [3.8, 4) is 11.4 Å². The molecule has 6 nitrogen and oxygen atoms in total. The summed E-state index contributed by atoms with van der Waals surface area (Å²) in [7, 11) is 1.83. The van der Waals surface area contributed by atoms with E-state index in [2.05, 4.69) is 31.0 Å². The number of hydrogen-bond acceptors (Lipinski definition) is 4. The molecule has 0 atom stereocenters. The summed E-state index contributed by atoms with van der Waals surface area (Å²) in [5.41, 5.74) is 5.85. The molecular weight excluding hydrogens is 400 g/mol. The van der Waals surface area contributed by atoms with E-state index in [4.69, 9.17) is 4.98 Å². The molecule has 0 aliphatic carbocycles. The minimum Gasteiger partial charge on any atom is -0.341 e. The van der Waals surface area contributed by atoms with Gasteiger partial charge in [0.05, 0.1) is 13.0 Å². The molecule has 162 valence electrons. The summed E-state index contributed by atoms with van der Waals surface area (Å²) in [5, 5.41) is 0. The average molecular weight is 427 g/mol. The van der Waals surface area contributed by atoms with Gasteiger partial charge >= 0.3 is 0 Å². The standard InChI is InChI=1S/C26H26N4O2/c1-16(2)20-6-4-5-7-22(20)24-27-14-19-13-23(31)30(25(19)28-24)15-17-8-9-21-18(12-17)10-11-29(3)26(21)32/h4-9,12,14,16H,10-11,13,15H2,1-3H3. The number of nitrogens with zero attached hydrogens (tertiary/aromatic N) is 4. The molecule has 0 radical (unpaired) electrons. The van der Waals surface area contributed by atoms with Gasteiger partial charge in [0.15, 0.2) is 5.82 Å². The summed E-state index contributed by atoms with van der Waals surface area (Å²) in [4.78, 5) is 38.1. The fourth-order valence-electron chi connectivity index (χ4n) is 4.57. The van der Waals surface area contributed by atoms with Crippen LogP contribution in [-0.4, -0.2) is 40.3 Å². The van der Waals surface area contributed by atoms with Gasteiger partial charge in [-0.1, -0.05) is 50.2 Å². The zero-order chi connectivity index (χ0) is 22.4. The molecule has 0 N–H and O–H groups in total. The van der Waals surface area contributed by atoms with Gasteiger partial charge in [-0.05, 0) is 35.1 Å². The Morgan fingerprint density at radius 2 is 1.84 bits per heavy atom. The van der Waals surface area contributed by atoms with Crippen molar-refractivity contribution in [2.75, 3.05) is 18.5 Å². The van der Waals surface area contributed by atoms with Crippen LogP contribution in [0.2, 0.25) is 0 Å². The maximum atomic E-state index is 12.8. The average Bonchev–Trinajstić information content (AvgIpc) is 3.10. The molecule has 6 heteroatoms. The van der Waals surface area contributed by atoms with E-state index in [9.17, 15) is 9.59 Å². The van der Waals surface area contributed by atoms with Crippen LogP contribution < -0.4 is 4.90 Å². The molecule has 2 aromatic carbocycles. The Morgan fingerprint density at radius 1 is 1.03 bits per heavy atom. The highest BCUT2D eigenvalue weighted by atomic mass is 16.2. The molecule has 1 aromatic heterocycles. The second-order valence-corrected chi connectivity index (χ2v) is 8.91. The molecule has 2 amide bonds. The van der Waals surface area contributed by atoms with Gasteiger partial charge in [-0.25, -0.2) is 9.97 Å². The Labute approximate surface area is 187 Å². The first-order valence-corrected chi connectivity index (χ1v) is 11.0. The van der Waals surface area contributed by atoms with E-state index in [-0.39, 0.29) is 11.8 Å². The van der Waals surface area contributed by atoms with Crippen LogP contribution in [0.25, 0.3) is 11.4 Å². The molecule has 0 saturated carbocycles. The van der Waals surface area contributed by atoms with Gasteiger partial charge in [-0.15, -0.1) is 0 Å². The lowest BCUT2D eigenvalue weighted by Gasteiger charge is -2.25.